The van der Waals surface area contributed by atoms with Crippen LogP contribution < -0.4 is 21.3 Å². The van der Waals surface area contributed by atoms with Gasteiger partial charge in [-0.25, -0.2) is 0 Å². The first-order valence-electron chi connectivity index (χ1n) is 12.9. The number of unbranched alkanes of at least 4 members (excludes halogenated alkanes) is 1. The van der Waals surface area contributed by atoms with Crippen LogP contribution in [0.2, 0.25) is 0 Å². The zero-order valence-corrected chi connectivity index (χ0v) is 22.2. The molecular weight excluding hydrogens is 460 g/mol. The van der Waals surface area contributed by atoms with E-state index in [1.807, 2.05) is 67.7 Å². The number of anilines is 3. The number of amides is 2. The normalized spacial score (nSPS) is 11.9. The van der Waals surface area contributed by atoms with E-state index in [4.69, 9.17) is 0 Å². The number of hydrogen-bond donors (Lipinski definition) is 4. The lowest BCUT2D eigenvalue weighted by Crippen LogP contribution is -2.33. The molecule has 6 nitrogen and oxygen atoms in total. The summed E-state index contributed by atoms with van der Waals surface area (Å²) >= 11 is 0. The molecule has 0 aliphatic rings. The van der Waals surface area contributed by atoms with Crippen molar-refractivity contribution in [2.24, 2.45) is 0 Å². The van der Waals surface area contributed by atoms with Gasteiger partial charge in [-0.3, -0.25) is 9.59 Å². The van der Waals surface area contributed by atoms with E-state index in [0.29, 0.717) is 5.92 Å². The average Bonchev–Trinajstić information content (AvgIpc) is 2.91. The smallest absolute Gasteiger partial charge is 0.248 e. The first-order chi connectivity index (χ1) is 17.9. The van der Waals surface area contributed by atoms with Crippen molar-refractivity contribution in [1.29, 1.82) is 0 Å². The molecule has 0 aliphatic carbocycles. The van der Waals surface area contributed by atoms with Crippen LogP contribution >= 0.6 is 0 Å². The highest BCUT2D eigenvalue weighted by atomic mass is 16.2. The molecule has 3 rings (SSSR count). The molecule has 0 bridgehead atoms. The molecule has 0 aromatic heterocycles. The first kappa shape index (κ1) is 27.7. The van der Waals surface area contributed by atoms with E-state index in [-0.39, 0.29) is 11.8 Å². The Balaban J connectivity index is 1.68. The number of rotatable bonds is 12. The number of para-hydroxylation sites is 2. The average molecular weight is 499 g/mol. The van der Waals surface area contributed by atoms with E-state index < -0.39 is 6.04 Å². The van der Waals surface area contributed by atoms with E-state index in [1.54, 1.807) is 6.08 Å². The van der Waals surface area contributed by atoms with Gasteiger partial charge in [-0.2, -0.15) is 0 Å². The third-order valence-electron chi connectivity index (χ3n) is 6.14. The summed E-state index contributed by atoms with van der Waals surface area (Å²) < 4.78 is 0. The Morgan fingerprint density at radius 1 is 0.838 bits per heavy atom. The highest BCUT2D eigenvalue weighted by Gasteiger charge is 2.20. The molecule has 194 valence electrons. The molecule has 6 heteroatoms. The summed E-state index contributed by atoms with van der Waals surface area (Å²) in [7, 11) is 1.81. The predicted octanol–water partition coefficient (Wildman–Crippen LogP) is 6.57. The highest BCUT2D eigenvalue weighted by Crippen LogP contribution is 2.22. The van der Waals surface area contributed by atoms with Crippen LogP contribution in [0.3, 0.4) is 0 Å². The second-order valence-corrected chi connectivity index (χ2v) is 9.29. The SMILES string of the molecule is CCCCNC(C(=O)Nc1ccc(C(C)C)cc1)c1ccc(/C=C/C(=O)Nc2ccccc2NC)cc1. The zero-order chi connectivity index (χ0) is 26.6. The third-order valence-corrected chi connectivity index (χ3v) is 6.14. The first-order valence-corrected chi connectivity index (χ1v) is 12.9. The third kappa shape index (κ3) is 8.33. The molecule has 1 unspecified atom stereocenters. The minimum Gasteiger partial charge on any atom is -0.386 e. The molecule has 3 aromatic rings. The number of benzene rings is 3. The fourth-order valence-electron chi connectivity index (χ4n) is 3.91. The van der Waals surface area contributed by atoms with Gasteiger partial charge in [0.05, 0.1) is 11.4 Å². The lowest BCUT2D eigenvalue weighted by atomic mass is 10.0. The molecule has 4 N–H and O–H groups in total. The van der Waals surface area contributed by atoms with Gasteiger partial charge in [0.2, 0.25) is 11.8 Å². The predicted molar refractivity (Wildman–Crippen MR) is 155 cm³/mol. The van der Waals surface area contributed by atoms with Crippen molar-refractivity contribution in [2.45, 2.75) is 45.6 Å². The monoisotopic (exact) mass is 498 g/mol. The van der Waals surface area contributed by atoms with Crippen molar-refractivity contribution in [2.75, 3.05) is 29.5 Å². The Labute approximate surface area is 220 Å². The Morgan fingerprint density at radius 2 is 1.49 bits per heavy atom. The van der Waals surface area contributed by atoms with E-state index in [1.165, 1.54) is 11.6 Å². The van der Waals surface area contributed by atoms with Crippen molar-refractivity contribution in [3.63, 3.8) is 0 Å². The van der Waals surface area contributed by atoms with Gasteiger partial charge in [0, 0.05) is 18.8 Å². The van der Waals surface area contributed by atoms with E-state index in [0.717, 1.165) is 47.6 Å². The molecule has 0 fully saturated rings. The Kier molecular flexibility index (Phi) is 10.5. The van der Waals surface area contributed by atoms with Crippen LogP contribution in [0.1, 0.15) is 62.3 Å². The molecule has 2 amide bonds. The number of carbonyl (C=O) groups excluding carboxylic acids is 2. The van der Waals surface area contributed by atoms with Crippen molar-refractivity contribution >= 4 is 35.0 Å². The maximum atomic E-state index is 13.2. The standard InChI is InChI=1S/C31H38N4O2/c1-5-6-21-33-30(31(37)34-26-18-16-24(17-19-26)22(2)3)25-14-11-23(12-15-25)13-20-29(36)35-28-10-8-7-9-27(28)32-4/h7-20,22,30,32-33H,5-6,21H2,1-4H3,(H,34,37)(H,35,36)/b20-13+. The molecule has 1 atom stereocenters. The number of carbonyl (C=O) groups is 2. The van der Waals surface area contributed by atoms with Gasteiger partial charge in [-0.05, 0) is 65.9 Å². The number of nitrogens with one attached hydrogen (secondary N) is 4. The maximum absolute atomic E-state index is 13.2. The summed E-state index contributed by atoms with van der Waals surface area (Å²) in [5, 5.41) is 12.4. The summed E-state index contributed by atoms with van der Waals surface area (Å²) in [6, 6.07) is 22.7. The van der Waals surface area contributed by atoms with E-state index in [9.17, 15) is 9.59 Å². The minimum atomic E-state index is -0.476. The second kappa shape index (κ2) is 14.0. The van der Waals surface area contributed by atoms with Gasteiger partial charge >= 0.3 is 0 Å². The van der Waals surface area contributed by atoms with Gasteiger partial charge in [-0.1, -0.05) is 75.7 Å². The van der Waals surface area contributed by atoms with E-state index >= 15 is 0 Å². The quantitative estimate of drug-likeness (QED) is 0.168. The highest BCUT2D eigenvalue weighted by molar-refractivity contribution is 6.03. The Hall–Kier alpha value is -3.90. The summed E-state index contributed by atoms with van der Waals surface area (Å²) in [6.45, 7) is 7.17. The molecule has 0 heterocycles. The van der Waals surface area contributed by atoms with Crippen LogP contribution in [0.4, 0.5) is 17.1 Å². The fourth-order valence-corrected chi connectivity index (χ4v) is 3.91. The van der Waals surface area contributed by atoms with Crippen molar-refractivity contribution in [3.05, 3.63) is 95.6 Å². The maximum Gasteiger partial charge on any atom is 0.248 e. The van der Waals surface area contributed by atoms with Crippen LogP contribution in [0, 0.1) is 0 Å². The summed E-state index contributed by atoms with van der Waals surface area (Å²) in [5.74, 6) is 0.129. The largest absolute Gasteiger partial charge is 0.386 e. The summed E-state index contributed by atoms with van der Waals surface area (Å²) in [4.78, 5) is 25.6. The van der Waals surface area contributed by atoms with Crippen LogP contribution in [0.25, 0.3) is 6.08 Å². The molecule has 0 aliphatic heterocycles. The summed E-state index contributed by atoms with van der Waals surface area (Å²) in [6.07, 6.45) is 5.30. The molecule has 3 aromatic carbocycles. The Bertz CT molecular complexity index is 1180. The zero-order valence-electron chi connectivity index (χ0n) is 22.2. The van der Waals surface area contributed by atoms with Crippen LogP contribution in [-0.4, -0.2) is 25.4 Å². The van der Waals surface area contributed by atoms with Gasteiger partial charge < -0.3 is 21.3 Å². The second-order valence-electron chi connectivity index (χ2n) is 9.29. The Morgan fingerprint density at radius 3 is 2.11 bits per heavy atom. The lowest BCUT2D eigenvalue weighted by Gasteiger charge is -2.19. The van der Waals surface area contributed by atoms with Gasteiger partial charge in [0.15, 0.2) is 0 Å². The number of hydrogen-bond acceptors (Lipinski definition) is 4. The molecule has 37 heavy (non-hydrogen) atoms. The molecule has 0 radical (unpaired) electrons. The topological polar surface area (TPSA) is 82.3 Å². The van der Waals surface area contributed by atoms with E-state index in [2.05, 4.69) is 54.2 Å². The lowest BCUT2D eigenvalue weighted by molar-refractivity contribution is -0.118. The fraction of sp³-hybridized carbons (Fsp3) is 0.290. The minimum absolute atomic E-state index is 0.0979. The molecule has 0 saturated heterocycles. The van der Waals surface area contributed by atoms with Crippen LogP contribution in [0.15, 0.2) is 78.9 Å². The van der Waals surface area contributed by atoms with Gasteiger partial charge in [0.25, 0.3) is 0 Å². The van der Waals surface area contributed by atoms with Crippen LogP contribution in [0.5, 0.6) is 0 Å². The van der Waals surface area contributed by atoms with Crippen molar-refractivity contribution in [1.82, 2.24) is 5.32 Å². The van der Waals surface area contributed by atoms with Crippen LogP contribution in [-0.2, 0) is 9.59 Å². The summed E-state index contributed by atoms with van der Waals surface area (Å²) in [5.41, 5.74) is 5.33. The van der Waals surface area contributed by atoms with Gasteiger partial charge in [0.1, 0.15) is 6.04 Å². The van der Waals surface area contributed by atoms with Gasteiger partial charge in [-0.15, -0.1) is 0 Å². The molecule has 0 spiro atoms. The molecular formula is C31H38N4O2. The van der Waals surface area contributed by atoms with Crippen molar-refractivity contribution < 1.29 is 9.59 Å². The molecule has 0 saturated carbocycles. The van der Waals surface area contributed by atoms with Crippen molar-refractivity contribution in [3.8, 4) is 0 Å².